The summed E-state index contributed by atoms with van der Waals surface area (Å²) in [5.74, 6) is -0.845. The van der Waals surface area contributed by atoms with E-state index in [1.165, 1.54) is 29.2 Å². The molecule has 0 saturated carbocycles. The molecule has 0 heterocycles. The molecule has 0 radical (unpaired) electrons. The van der Waals surface area contributed by atoms with Crippen molar-refractivity contribution in [2.75, 3.05) is 30.3 Å². The monoisotopic (exact) mass is 507 g/mol. The molecule has 0 aliphatic rings. The van der Waals surface area contributed by atoms with Gasteiger partial charge in [0, 0.05) is 13.1 Å². The molecule has 0 unspecified atom stereocenters. The third-order valence-electron chi connectivity index (χ3n) is 5.23. The average molecular weight is 508 g/mol. The topological polar surface area (TPSA) is 96.0 Å². The van der Waals surface area contributed by atoms with Crippen LogP contribution in [0, 0.1) is 11.7 Å². The molecule has 0 saturated heterocycles. The van der Waals surface area contributed by atoms with Crippen LogP contribution in [0.5, 0.6) is 5.75 Å². The molecule has 0 spiro atoms. The number of carbonyl (C=O) groups excluding carboxylic acids is 2. The lowest BCUT2D eigenvalue weighted by atomic mass is 10.1. The first kappa shape index (κ1) is 28.1. The number of amides is 2. The van der Waals surface area contributed by atoms with Crippen LogP contribution in [0.3, 0.4) is 0 Å². The van der Waals surface area contributed by atoms with Crippen LogP contribution in [-0.2, 0) is 26.2 Å². The van der Waals surface area contributed by atoms with Gasteiger partial charge in [-0.2, -0.15) is 0 Å². The molecule has 8 nitrogen and oxygen atoms in total. The van der Waals surface area contributed by atoms with E-state index in [2.05, 4.69) is 5.32 Å². The highest BCUT2D eigenvalue weighted by Gasteiger charge is 2.31. The van der Waals surface area contributed by atoms with E-state index < -0.39 is 34.3 Å². The fraction of sp³-hybridized carbons (Fsp3) is 0.440. The van der Waals surface area contributed by atoms with E-state index >= 15 is 0 Å². The summed E-state index contributed by atoms with van der Waals surface area (Å²) in [5.41, 5.74) is 0.827. The highest BCUT2D eigenvalue weighted by atomic mass is 32.2. The third-order valence-corrected chi connectivity index (χ3v) is 6.36. The second-order valence-electron chi connectivity index (χ2n) is 8.63. The molecule has 2 amide bonds. The van der Waals surface area contributed by atoms with Crippen LogP contribution in [0.25, 0.3) is 0 Å². The molecule has 0 aliphatic carbocycles. The van der Waals surface area contributed by atoms with Crippen molar-refractivity contribution in [1.29, 1.82) is 0 Å². The predicted octanol–water partition coefficient (Wildman–Crippen LogP) is 3.18. The van der Waals surface area contributed by atoms with Gasteiger partial charge in [0.25, 0.3) is 0 Å². The van der Waals surface area contributed by atoms with Gasteiger partial charge in [0.1, 0.15) is 24.2 Å². The Morgan fingerprint density at radius 3 is 2.26 bits per heavy atom. The number of sulfonamides is 1. The molecule has 2 aromatic carbocycles. The van der Waals surface area contributed by atoms with Crippen molar-refractivity contribution < 1.29 is 27.1 Å². The molecule has 35 heavy (non-hydrogen) atoms. The normalized spacial score (nSPS) is 12.2. The molecule has 0 fully saturated rings. The highest BCUT2D eigenvalue weighted by molar-refractivity contribution is 7.92. The summed E-state index contributed by atoms with van der Waals surface area (Å²) < 4.78 is 45.4. The van der Waals surface area contributed by atoms with E-state index in [0.717, 1.165) is 10.6 Å². The van der Waals surface area contributed by atoms with Gasteiger partial charge in [-0.1, -0.05) is 38.1 Å². The van der Waals surface area contributed by atoms with Crippen LogP contribution in [0.15, 0.2) is 48.5 Å². The van der Waals surface area contributed by atoms with Gasteiger partial charge in [-0.15, -0.1) is 0 Å². The van der Waals surface area contributed by atoms with Crippen LogP contribution in [0.4, 0.5) is 10.1 Å². The lowest BCUT2D eigenvalue weighted by molar-refractivity contribution is -0.139. The largest absolute Gasteiger partial charge is 0.492 e. The van der Waals surface area contributed by atoms with Crippen molar-refractivity contribution in [3.8, 4) is 5.75 Å². The Bertz CT molecular complexity index is 1110. The Labute approximate surface area is 207 Å². The summed E-state index contributed by atoms with van der Waals surface area (Å²) in [5, 5.41) is 2.81. The molecule has 2 rings (SSSR count). The zero-order chi connectivity index (χ0) is 26.2. The first-order valence-corrected chi connectivity index (χ1v) is 13.3. The minimum absolute atomic E-state index is 0.0000866. The quantitative estimate of drug-likeness (QED) is 0.476. The van der Waals surface area contributed by atoms with Crippen molar-refractivity contribution in [1.82, 2.24) is 10.2 Å². The van der Waals surface area contributed by atoms with Crippen LogP contribution in [0.2, 0.25) is 0 Å². The van der Waals surface area contributed by atoms with Crippen LogP contribution in [-0.4, -0.2) is 57.1 Å². The minimum Gasteiger partial charge on any atom is -0.492 e. The lowest BCUT2D eigenvalue weighted by Crippen LogP contribution is -2.51. The van der Waals surface area contributed by atoms with E-state index in [0.29, 0.717) is 24.5 Å². The van der Waals surface area contributed by atoms with Crippen molar-refractivity contribution in [2.45, 2.75) is 40.3 Å². The van der Waals surface area contributed by atoms with Crippen LogP contribution in [0.1, 0.15) is 33.3 Å². The summed E-state index contributed by atoms with van der Waals surface area (Å²) in [6, 6.07) is 11.2. The number of benzene rings is 2. The van der Waals surface area contributed by atoms with Gasteiger partial charge in [0.05, 0.1) is 18.6 Å². The highest BCUT2D eigenvalue weighted by Crippen LogP contribution is 2.30. The summed E-state index contributed by atoms with van der Waals surface area (Å²) in [6.45, 7) is 7.46. The van der Waals surface area contributed by atoms with Gasteiger partial charge in [-0.05, 0) is 49.6 Å². The second-order valence-corrected chi connectivity index (χ2v) is 10.5. The summed E-state index contributed by atoms with van der Waals surface area (Å²) in [6.07, 6.45) is 1.01. The molecule has 192 valence electrons. The number of anilines is 1. The number of nitrogens with zero attached hydrogens (tertiary/aromatic N) is 2. The molecular weight excluding hydrogens is 473 g/mol. The standard InChI is InChI=1S/C25H34FN3O5S/c1-6-34-23-10-8-7-9-22(23)29(35(5,32)33)17-24(30)28(16-20-11-13-21(26)14-12-20)19(4)25(31)27-15-18(2)3/h7-14,18-19H,6,15-17H2,1-5H3,(H,27,31)/t19-/m1/s1. The molecule has 2 aromatic rings. The number of hydrogen-bond acceptors (Lipinski definition) is 5. The predicted molar refractivity (Wildman–Crippen MR) is 134 cm³/mol. The van der Waals surface area contributed by atoms with E-state index in [4.69, 9.17) is 4.74 Å². The fourth-order valence-corrected chi connectivity index (χ4v) is 4.21. The van der Waals surface area contributed by atoms with E-state index in [1.54, 1.807) is 38.1 Å². The number of nitrogens with one attached hydrogen (secondary N) is 1. The van der Waals surface area contributed by atoms with Crippen molar-refractivity contribution in [3.05, 3.63) is 59.9 Å². The van der Waals surface area contributed by atoms with E-state index in [9.17, 15) is 22.4 Å². The Kier molecular flexibility index (Phi) is 10.1. The summed E-state index contributed by atoms with van der Waals surface area (Å²) >= 11 is 0. The van der Waals surface area contributed by atoms with E-state index in [1.807, 2.05) is 13.8 Å². The van der Waals surface area contributed by atoms with Gasteiger partial charge >= 0.3 is 0 Å². The maximum Gasteiger partial charge on any atom is 0.244 e. The smallest absolute Gasteiger partial charge is 0.244 e. The zero-order valence-electron chi connectivity index (χ0n) is 20.8. The fourth-order valence-electron chi connectivity index (χ4n) is 3.36. The first-order chi connectivity index (χ1) is 16.4. The minimum atomic E-state index is -3.88. The molecule has 10 heteroatoms. The molecule has 0 bridgehead atoms. The number of para-hydroxylation sites is 2. The van der Waals surface area contributed by atoms with Crippen molar-refractivity contribution in [2.24, 2.45) is 5.92 Å². The number of ether oxygens (including phenoxy) is 1. The number of rotatable bonds is 12. The molecular formula is C25H34FN3O5S. The maximum absolute atomic E-state index is 13.5. The molecule has 0 aromatic heterocycles. The molecule has 1 N–H and O–H groups in total. The third kappa shape index (κ3) is 8.24. The van der Waals surface area contributed by atoms with Gasteiger partial charge in [-0.3, -0.25) is 13.9 Å². The van der Waals surface area contributed by atoms with Gasteiger partial charge < -0.3 is 15.0 Å². The molecule has 1 atom stereocenters. The first-order valence-electron chi connectivity index (χ1n) is 11.4. The van der Waals surface area contributed by atoms with E-state index in [-0.39, 0.29) is 24.1 Å². The van der Waals surface area contributed by atoms with Gasteiger partial charge in [0.2, 0.25) is 21.8 Å². The van der Waals surface area contributed by atoms with Gasteiger partial charge in [-0.25, -0.2) is 12.8 Å². The number of carbonyl (C=O) groups is 2. The SMILES string of the molecule is CCOc1ccccc1N(CC(=O)N(Cc1ccc(F)cc1)[C@H](C)C(=O)NCC(C)C)S(C)(=O)=O. The number of halogens is 1. The maximum atomic E-state index is 13.5. The van der Waals surface area contributed by atoms with Crippen LogP contribution >= 0.6 is 0 Å². The van der Waals surface area contributed by atoms with Gasteiger partial charge in [0.15, 0.2) is 0 Å². The van der Waals surface area contributed by atoms with Crippen molar-refractivity contribution in [3.63, 3.8) is 0 Å². The second kappa shape index (κ2) is 12.5. The Morgan fingerprint density at radius 2 is 1.69 bits per heavy atom. The Hall–Kier alpha value is -3.14. The Morgan fingerprint density at radius 1 is 1.06 bits per heavy atom. The van der Waals surface area contributed by atoms with Crippen LogP contribution < -0.4 is 14.4 Å². The lowest BCUT2D eigenvalue weighted by Gasteiger charge is -2.32. The Balaban J connectivity index is 2.40. The zero-order valence-corrected chi connectivity index (χ0v) is 21.6. The summed E-state index contributed by atoms with van der Waals surface area (Å²) in [7, 11) is -3.88. The number of hydrogen-bond donors (Lipinski definition) is 1. The van der Waals surface area contributed by atoms with Crippen molar-refractivity contribution >= 4 is 27.5 Å². The summed E-state index contributed by atoms with van der Waals surface area (Å²) in [4.78, 5) is 27.6. The molecule has 0 aliphatic heterocycles. The average Bonchev–Trinajstić information content (AvgIpc) is 2.80.